The summed E-state index contributed by atoms with van der Waals surface area (Å²) in [7, 11) is 0. The number of amides is 3. The van der Waals surface area contributed by atoms with Crippen LogP contribution in [-0.4, -0.2) is 69.7 Å². The van der Waals surface area contributed by atoms with E-state index in [1.54, 1.807) is 4.90 Å². The molecule has 2 fully saturated rings. The second-order valence-electron chi connectivity index (χ2n) is 11.4. The Hall–Kier alpha value is -3.69. The largest absolute Gasteiger partial charge is 0.376 e. The summed E-state index contributed by atoms with van der Waals surface area (Å²) in [5.74, 6) is -0.809. The molecule has 0 aliphatic carbocycles. The first-order valence-corrected chi connectivity index (χ1v) is 14.2. The summed E-state index contributed by atoms with van der Waals surface area (Å²) < 4.78 is 0. The summed E-state index contributed by atoms with van der Waals surface area (Å²) >= 11 is 0. The number of aliphatic hydroxyl groups is 1. The van der Waals surface area contributed by atoms with Crippen LogP contribution < -0.4 is 16.0 Å². The molecule has 5 atom stereocenters. The first-order valence-electron chi connectivity index (χ1n) is 14.2. The van der Waals surface area contributed by atoms with E-state index in [4.69, 9.17) is 0 Å². The lowest BCUT2D eigenvalue weighted by molar-refractivity contribution is -0.141. The predicted octanol–water partition coefficient (Wildman–Crippen LogP) is 2.25. The molecule has 3 aromatic rings. The summed E-state index contributed by atoms with van der Waals surface area (Å²) in [5.41, 5.74) is 2.75. The summed E-state index contributed by atoms with van der Waals surface area (Å²) in [6.45, 7) is 4.50. The van der Waals surface area contributed by atoms with Gasteiger partial charge in [-0.2, -0.15) is 0 Å². The topological polar surface area (TPSA) is 127 Å². The van der Waals surface area contributed by atoms with Gasteiger partial charge in [-0.15, -0.1) is 0 Å². The van der Waals surface area contributed by atoms with Crippen molar-refractivity contribution in [1.29, 1.82) is 0 Å². The van der Waals surface area contributed by atoms with Gasteiger partial charge in [0.1, 0.15) is 18.3 Å². The molecule has 1 aromatic heterocycles. The molecule has 212 valence electrons. The van der Waals surface area contributed by atoms with Gasteiger partial charge in [0.05, 0.1) is 12.1 Å². The van der Waals surface area contributed by atoms with Crippen molar-refractivity contribution in [1.82, 2.24) is 25.8 Å². The summed E-state index contributed by atoms with van der Waals surface area (Å²) in [4.78, 5) is 46.4. The van der Waals surface area contributed by atoms with Crippen molar-refractivity contribution in [3.63, 3.8) is 0 Å². The minimum absolute atomic E-state index is 0.167. The highest BCUT2D eigenvalue weighted by atomic mass is 16.3. The number of benzene rings is 2. The first kappa shape index (κ1) is 27.9. The zero-order valence-electron chi connectivity index (χ0n) is 23.1. The van der Waals surface area contributed by atoms with E-state index in [0.717, 1.165) is 28.5 Å². The second kappa shape index (κ2) is 12.2. The second-order valence-corrected chi connectivity index (χ2v) is 11.4. The van der Waals surface area contributed by atoms with Gasteiger partial charge in [-0.3, -0.25) is 19.7 Å². The lowest BCUT2D eigenvalue weighted by Crippen LogP contribution is -2.63. The SMILES string of the molecule is CC(C)C[C@@H]1NC(O)[C@H]2CCCN2C(=O)[C@H](Cc2ccccc2)NC(=O)[C@@H](Cc2c[nH]c3ccccc23)NC1=O. The Morgan fingerprint density at radius 3 is 2.38 bits per heavy atom. The number of aromatic nitrogens is 1. The molecule has 9 heteroatoms. The average molecular weight is 546 g/mol. The van der Waals surface area contributed by atoms with E-state index in [1.165, 1.54) is 0 Å². The third-order valence-corrected chi connectivity index (χ3v) is 7.97. The molecule has 5 N–H and O–H groups in total. The normalized spacial score (nSPS) is 26.2. The lowest BCUT2D eigenvalue weighted by Gasteiger charge is -2.36. The van der Waals surface area contributed by atoms with Crippen LogP contribution in [0.2, 0.25) is 0 Å². The molecule has 0 spiro atoms. The minimum Gasteiger partial charge on any atom is -0.376 e. The van der Waals surface area contributed by atoms with E-state index in [9.17, 15) is 19.5 Å². The van der Waals surface area contributed by atoms with Gasteiger partial charge in [-0.25, -0.2) is 0 Å². The first-order chi connectivity index (χ1) is 19.3. The Bertz CT molecular complexity index is 1340. The van der Waals surface area contributed by atoms with Crippen molar-refractivity contribution in [2.45, 2.75) is 76.3 Å². The van der Waals surface area contributed by atoms with Gasteiger partial charge in [0.2, 0.25) is 17.7 Å². The molecule has 2 saturated heterocycles. The van der Waals surface area contributed by atoms with Gasteiger partial charge in [0.25, 0.3) is 0 Å². The Kier molecular flexibility index (Phi) is 8.52. The molecule has 5 rings (SSSR count). The number of aliphatic hydroxyl groups excluding tert-OH is 1. The van der Waals surface area contributed by atoms with Crippen molar-refractivity contribution in [3.8, 4) is 0 Å². The quantitative estimate of drug-likeness (QED) is 0.325. The number of H-pyrrole nitrogens is 1. The molecule has 3 heterocycles. The van der Waals surface area contributed by atoms with Crippen LogP contribution in [-0.2, 0) is 27.2 Å². The summed E-state index contributed by atoms with van der Waals surface area (Å²) in [6, 6.07) is 14.4. The van der Waals surface area contributed by atoms with Gasteiger partial charge in [-0.1, -0.05) is 62.4 Å². The molecule has 40 heavy (non-hydrogen) atoms. The van der Waals surface area contributed by atoms with Crippen LogP contribution in [0.5, 0.6) is 0 Å². The number of carbonyl (C=O) groups is 3. The zero-order valence-corrected chi connectivity index (χ0v) is 23.1. The number of aromatic amines is 1. The maximum Gasteiger partial charge on any atom is 0.245 e. The number of hydrogen-bond donors (Lipinski definition) is 5. The Morgan fingerprint density at radius 1 is 0.900 bits per heavy atom. The number of rotatable bonds is 6. The minimum atomic E-state index is -1.07. The highest BCUT2D eigenvalue weighted by Crippen LogP contribution is 2.24. The van der Waals surface area contributed by atoms with Crippen molar-refractivity contribution < 1.29 is 19.5 Å². The van der Waals surface area contributed by atoms with Gasteiger partial charge < -0.3 is 25.6 Å². The molecule has 1 unspecified atom stereocenters. The number of para-hydroxylation sites is 1. The maximum atomic E-state index is 13.9. The third-order valence-electron chi connectivity index (χ3n) is 7.97. The fourth-order valence-electron chi connectivity index (χ4n) is 5.96. The number of nitrogens with one attached hydrogen (secondary N) is 4. The van der Waals surface area contributed by atoms with Gasteiger partial charge in [0.15, 0.2) is 0 Å². The molecule has 3 amide bonds. The average Bonchev–Trinajstić information content (AvgIpc) is 3.59. The molecule has 0 radical (unpaired) electrons. The van der Waals surface area contributed by atoms with Crippen molar-refractivity contribution in [2.24, 2.45) is 5.92 Å². The van der Waals surface area contributed by atoms with E-state index in [-0.39, 0.29) is 24.2 Å². The molecule has 2 aliphatic heterocycles. The van der Waals surface area contributed by atoms with Gasteiger partial charge >= 0.3 is 0 Å². The van der Waals surface area contributed by atoms with E-state index in [0.29, 0.717) is 25.8 Å². The highest BCUT2D eigenvalue weighted by molar-refractivity contribution is 5.94. The standard InChI is InChI=1S/C31H39N5O4/c1-19(2)15-24-28(37)33-25(17-21-18-32-23-12-7-6-11-22(21)23)29(38)35-26(16-20-9-4-3-5-10-20)31(40)36-14-8-13-27(36)30(39)34-24/h3-7,9-12,18-19,24-27,30,32,34,39H,8,13-17H2,1-2H3,(H,33,37)(H,35,38)/t24-,25+,26-,27+,30?/m0/s1. The molecule has 2 aliphatic rings. The molecular formula is C31H39N5O4. The number of nitrogens with zero attached hydrogens (tertiary/aromatic N) is 1. The molecule has 2 aromatic carbocycles. The molecule has 0 bridgehead atoms. The predicted molar refractivity (Wildman–Crippen MR) is 153 cm³/mol. The Morgan fingerprint density at radius 2 is 1.60 bits per heavy atom. The highest BCUT2D eigenvalue weighted by Gasteiger charge is 2.40. The summed E-state index contributed by atoms with van der Waals surface area (Å²) in [5, 5.41) is 21.3. The Labute approximate surface area is 234 Å². The van der Waals surface area contributed by atoms with Crippen LogP contribution in [0.25, 0.3) is 10.9 Å². The monoisotopic (exact) mass is 545 g/mol. The molecule has 0 saturated carbocycles. The van der Waals surface area contributed by atoms with Crippen LogP contribution in [0.1, 0.15) is 44.2 Å². The fraction of sp³-hybridized carbons (Fsp3) is 0.452. The smallest absolute Gasteiger partial charge is 0.245 e. The van der Waals surface area contributed by atoms with E-state index < -0.39 is 36.3 Å². The van der Waals surface area contributed by atoms with Crippen LogP contribution in [0.4, 0.5) is 0 Å². The molecular weight excluding hydrogens is 506 g/mol. The van der Waals surface area contributed by atoms with Gasteiger partial charge in [0, 0.05) is 36.5 Å². The molecule has 9 nitrogen and oxygen atoms in total. The number of fused-ring (bicyclic) bond motifs is 2. The van der Waals surface area contributed by atoms with Crippen molar-refractivity contribution in [2.75, 3.05) is 6.54 Å². The van der Waals surface area contributed by atoms with Crippen LogP contribution in [0.15, 0.2) is 60.8 Å². The third kappa shape index (κ3) is 6.21. The lowest BCUT2D eigenvalue weighted by atomic mass is 9.98. The van der Waals surface area contributed by atoms with Crippen molar-refractivity contribution >= 4 is 28.6 Å². The fourth-order valence-corrected chi connectivity index (χ4v) is 5.96. The maximum absolute atomic E-state index is 13.9. The number of hydrogen-bond acceptors (Lipinski definition) is 5. The van der Waals surface area contributed by atoms with E-state index in [2.05, 4.69) is 20.9 Å². The zero-order chi connectivity index (χ0) is 28.2. The summed E-state index contributed by atoms with van der Waals surface area (Å²) in [6.07, 6.45) is 3.17. The number of carbonyl (C=O) groups excluding carboxylic acids is 3. The van der Waals surface area contributed by atoms with Crippen LogP contribution in [0.3, 0.4) is 0 Å². The Balaban J connectivity index is 1.50. The van der Waals surface area contributed by atoms with Crippen LogP contribution >= 0.6 is 0 Å². The van der Waals surface area contributed by atoms with Crippen LogP contribution in [0, 0.1) is 5.92 Å². The van der Waals surface area contributed by atoms with E-state index >= 15 is 0 Å². The van der Waals surface area contributed by atoms with Gasteiger partial charge in [-0.05, 0) is 42.4 Å². The van der Waals surface area contributed by atoms with E-state index in [1.807, 2.05) is 74.6 Å². The van der Waals surface area contributed by atoms with Crippen molar-refractivity contribution in [3.05, 3.63) is 71.9 Å².